The Kier molecular flexibility index (Phi) is 34.4. The van der Waals surface area contributed by atoms with E-state index in [0.29, 0.717) is 18.2 Å². The largest absolute Gasteiger partial charge is 1.00 e. The van der Waals surface area contributed by atoms with Crippen molar-refractivity contribution in [3.05, 3.63) is 92.8 Å². The maximum atomic E-state index is 14.5. The van der Waals surface area contributed by atoms with Crippen LogP contribution in [0.25, 0.3) is 10.8 Å². The van der Waals surface area contributed by atoms with Crippen molar-refractivity contribution in [2.24, 2.45) is 11.8 Å². The Morgan fingerprint density at radius 3 is 1.92 bits per heavy atom. The number of nitrogens with zero attached hydrogens (tertiary/aromatic N) is 1. The summed E-state index contributed by atoms with van der Waals surface area (Å²) in [7, 11) is -13.5. The molecule has 2 saturated heterocycles. The van der Waals surface area contributed by atoms with Crippen LogP contribution in [0.2, 0.25) is 0 Å². The Bertz CT molecular complexity index is 4050. The molecule has 4 fully saturated rings. The number of rotatable bonds is 29. The zero-order valence-electron chi connectivity index (χ0n) is 56.7. The van der Waals surface area contributed by atoms with Gasteiger partial charge in [-0.3, -0.25) is 33.8 Å². The van der Waals surface area contributed by atoms with E-state index >= 15 is 0 Å². The van der Waals surface area contributed by atoms with Crippen molar-refractivity contribution >= 4 is 82.3 Å². The summed E-state index contributed by atoms with van der Waals surface area (Å²) in [6, 6.07) is 8.39. The van der Waals surface area contributed by atoms with Gasteiger partial charge in [-0.1, -0.05) is 50.3 Å². The molecule has 0 unspecified atom stereocenters. The number of hydrogen-bond donors (Lipinski definition) is 11. The predicted octanol–water partition coefficient (Wildman–Crippen LogP) is -12.9. The number of hydrogen-bond acceptors (Lipinski definition) is 30. The Morgan fingerprint density at radius 2 is 1.32 bits per heavy atom. The van der Waals surface area contributed by atoms with Crippen LogP contribution in [0.15, 0.2) is 84.9 Å². The molecule has 0 bridgehead atoms. The minimum Gasteiger partial charge on any atom is -0.744 e. The van der Waals surface area contributed by atoms with Crippen LogP contribution in [0.1, 0.15) is 79.1 Å². The molecule has 1 aromatic heterocycles. The molecular weight excluding hydrogens is 1460 g/mol. The van der Waals surface area contributed by atoms with Gasteiger partial charge in [0, 0.05) is 44.6 Å². The first-order valence-corrected chi connectivity index (χ1v) is 35.6. The van der Waals surface area contributed by atoms with E-state index in [1.54, 1.807) is 6.07 Å². The smallest absolute Gasteiger partial charge is 0.744 e. The summed E-state index contributed by atoms with van der Waals surface area (Å²) < 4.78 is 156. The van der Waals surface area contributed by atoms with Crippen LogP contribution in [-0.4, -0.2) is 261 Å². The average Bonchev–Trinajstić information content (AvgIpc) is 0.757. The molecule has 103 heavy (non-hydrogen) atoms. The molecule has 5 amide bonds. The van der Waals surface area contributed by atoms with Gasteiger partial charge in [-0.05, 0) is 73.9 Å². The molecule has 3 heterocycles. The van der Waals surface area contributed by atoms with Gasteiger partial charge in [0.2, 0.25) is 17.7 Å². The molecular formula is C60H76N7Na3O30S3. The topological polar surface area (TPSA) is 566 Å². The molecule has 37 nitrogen and oxygen atoms in total. The minimum atomic E-state index is -5.65. The number of aliphatic hydroxyl groups is 5. The number of carbonyl (C=O) groups is 6. The number of ether oxygens (including phenoxy) is 8. The number of esters is 1. The summed E-state index contributed by atoms with van der Waals surface area (Å²) in [5.74, 6) is -6.66. The fourth-order valence-electron chi connectivity index (χ4n) is 12.0. The van der Waals surface area contributed by atoms with E-state index in [1.165, 1.54) is 50.2 Å². The average molecular weight is 1540 g/mol. The molecule has 15 atom stereocenters. The van der Waals surface area contributed by atoms with E-state index in [1.807, 2.05) is 4.98 Å². The number of anilines is 1. The predicted molar refractivity (Wildman–Crippen MR) is 334 cm³/mol. The molecule has 2 saturated carbocycles. The number of fused-ring (bicyclic) bond motifs is 1. The van der Waals surface area contributed by atoms with E-state index in [9.17, 15) is 103 Å². The van der Waals surface area contributed by atoms with Gasteiger partial charge in [-0.25, -0.2) is 34.8 Å². The van der Waals surface area contributed by atoms with E-state index in [0.717, 1.165) is 38.2 Å². The summed E-state index contributed by atoms with van der Waals surface area (Å²) in [6.07, 6.45) is -18.8. The second kappa shape index (κ2) is 39.7. The third-order valence-electron chi connectivity index (χ3n) is 16.9. The molecule has 0 spiro atoms. The molecule has 3 aromatic carbocycles. The van der Waals surface area contributed by atoms with Gasteiger partial charge >= 0.3 is 100 Å². The van der Waals surface area contributed by atoms with Crippen LogP contribution in [0, 0.1) is 11.8 Å². The SMILES string of the molecule is C[C@@H]1O[C@@H](O[C@@H]2[C@@H](NC(=O)c3cc(=O)[nH]c(=O)[nH]3)C[C@@H](C(=O)NCCNC(=O)COCCOCC(=O)Nc3cc(S(=O)(=O)[O-])cc4cc(S(=O)(=O)[O-])cc(S(=O)(=O)[O-])c34)C[C@H]2O[C@@H]2O[C@H](CO)[C@H](O)[C@H](O[C@@H](CC3CCCCC3)C(=O)N(C)C)[C@H]2OC(=O)c2ccccc2)[C@@H](O)[C@H](O)[C@@H]1O.[Na+].[Na+].[Na+]. The first-order valence-electron chi connectivity index (χ1n) is 31.3. The second-order valence-corrected chi connectivity index (χ2v) is 28.5. The number of carbonyl (C=O) groups excluding carboxylic acids is 6. The standard InChI is InChI=1S/C60H79N7O30S3.3Na/c1-29-47(72)49(74)50(75)58(92-29)97-51-37(64-55(77)38-25-43(69)66-60(80)65-38)21-33(22-39(51)94-59-53(96-57(79)31-12-8-5-9-13-31)52(48(73)41(26-68)95-59)93-40(56(78)67(2)3)18-30-10-6-4-7-11-30)54(76)62-15-14-61-44(70)27-90-16-17-91-28-45(71)63-36-23-34(98(81,82)83)19-32-20-35(99(84,85)86)24-42(46(32)36)100(87,88)89;;;/h5,8-9,12-13,19-20,23-25,29-30,33,37,39-41,47-53,58-59,68,72-75H,4,6-7,10-11,14-18,21-22,26-28H2,1-3H3,(H,61,70)(H,62,76)(H,63,71)(H,64,77)(H,81,82,83)(H,84,85,86)(H,87,88,89)(H2,65,66,69,80);;;/q;3*+1/p-3/t29-,33+,37-,39+,40-,41+,47+,48-,49+,50-,51+,52-,53+,58-,59+;;;/m0.../s1. The van der Waals surface area contributed by atoms with Crippen molar-refractivity contribution < 1.29 is 220 Å². The molecule has 0 radical (unpaired) electrons. The second-order valence-electron chi connectivity index (χ2n) is 24.4. The van der Waals surface area contributed by atoms with Gasteiger partial charge in [0.1, 0.15) is 98.1 Å². The molecule has 4 aliphatic rings. The number of aliphatic hydroxyl groups excluding tert-OH is 5. The van der Waals surface area contributed by atoms with Crippen molar-refractivity contribution in [3.8, 4) is 0 Å². The Hall–Kier alpha value is -4.33. The van der Waals surface area contributed by atoms with Crippen molar-refractivity contribution in [1.82, 2.24) is 30.8 Å². The maximum absolute atomic E-state index is 14.5. The molecule has 43 heteroatoms. The van der Waals surface area contributed by atoms with E-state index < -0.39 is 245 Å². The van der Waals surface area contributed by atoms with Crippen LogP contribution < -0.4 is 121 Å². The number of aromatic nitrogens is 2. The Morgan fingerprint density at radius 1 is 0.699 bits per heavy atom. The van der Waals surface area contributed by atoms with Gasteiger partial charge in [-0.15, -0.1) is 0 Å². The molecule has 2 aliphatic carbocycles. The van der Waals surface area contributed by atoms with Gasteiger partial charge in [-0.2, -0.15) is 0 Å². The van der Waals surface area contributed by atoms with Crippen LogP contribution >= 0.6 is 0 Å². The van der Waals surface area contributed by atoms with E-state index in [4.69, 9.17) is 37.9 Å². The Balaban J connectivity index is 0.00000636. The van der Waals surface area contributed by atoms with Crippen molar-refractivity contribution in [3.63, 3.8) is 0 Å². The zero-order valence-corrected chi connectivity index (χ0v) is 65.2. The fourth-order valence-corrected chi connectivity index (χ4v) is 13.9. The number of benzene rings is 3. The molecule has 4 aromatic rings. The molecule has 2 aliphatic heterocycles. The van der Waals surface area contributed by atoms with Crippen LogP contribution in [0.5, 0.6) is 0 Å². The molecule has 552 valence electrons. The summed E-state index contributed by atoms with van der Waals surface area (Å²) >= 11 is 0. The van der Waals surface area contributed by atoms with Crippen molar-refractivity contribution in [2.75, 3.05) is 65.5 Å². The number of aromatic amines is 2. The summed E-state index contributed by atoms with van der Waals surface area (Å²) in [5, 5.41) is 64.2. The zero-order chi connectivity index (χ0) is 73.1. The van der Waals surface area contributed by atoms with E-state index in [-0.39, 0.29) is 132 Å². The first kappa shape index (κ1) is 89.3. The number of likely N-dealkylation sites (N-methyl/N-ethyl adjacent to an activating group) is 1. The summed E-state index contributed by atoms with van der Waals surface area (Å²) in [6.45, 7) is -2.49. The number of amides is 5. The van der Waals surface area contributed by atoms with Gasteiger partial charge in [0.15, 0.2) is 18.7 Å². The summed E-state index contributed by atoms with van der Waals surface area (Å²) in [5.41, 5.74) is -3.47. The van der Waals surface area contributed by atoms with Crippen LogP contribution in [0.4, 0.5) is 5.69 Å². The quantitative estimate of drug-likeness (QED) is 0.0104. The van der Waals surface area contributed by atoms with Gasteiger partial charge < -0.3 is 108 Å². The normalized spacial score (nSPS) is 25.6. The third kappa shape index (κ3) is 24.3. The van der Waals surface area contributed by atoms with Crippen molar-refractivity contribution in [2.45, 2.75) is 159 Å². The number of nitrogens with one attached hydrogen (secondary N) is 6. The minimum absolute atomic E-state index is 0. The monoisotopic (exact) mass is 1540 g/mol. The fraction of sp³-hybridized carbons (Fsp3) is 0.567. The Labute approximate surface area is 655 Å². The summed E-state index contributed by atoms with van der Waals surface area (Å²) in [4.78, 5) is 109. The van der Waals surface area contributed by atoms with Gasteiger partial charge in [0.05, 0.1) is 64.0 Å². The van der Waals surface area contributed by atoms with Crippen molar-refractivity contribution in [1.29, 1.82) is 0 Å². The molecule has 8 rings (SSSR count). The van der Waals surface area contributed by atoms with Crippen LogP contribution in [-0.2, 0) is 87.4 Å². The van der Waals surface area contributed by atoms with Gasteiger partial charge in [0.25, 0.3) is 17.4 Å². The first-order chi connectivity index (χ1) is 47.1. The maximum Gasteiger partial charge on any atom is 1.00 e. The third-order valence-corrected chi connectivity index (χ3v) is 19.4. The number of H-pyrrole nitrogens is 2. The van der Waals surface area contributed by atoms with E-state index in [2.05, 4.69) is 26.3 Å². The molecule has 11 N–H and O–H groups in total. The van der Waals surface area contributed by atoms with Crippen LogP contribution in [0.3, 0.4) is 0 Å².